The number of hydrogen-bond donors (Lipinski definition) is 2. The maximum Gasteiger partial charge on any atom is 0.410 e. The summed E-state index contributed by atoms with van der Waals surface area (Å²) in [7, 11) is 1.47. The zero-order valence-corrected chi connectivity index (χ0v) is 26.6. The molecule has 0 unspecified atom stereocenters. The van der Waals surface area contributed by atoms with E-state index >= 15 is 0 Å². The molecule has 0 saturated carbocycles. The Labute approximate surface area is 263 Å². The lowest BCUT2D eigenvalue weighted by Gasteiger charge is -2.37. The molecule has 0 spiro atoms. The third kappa shape index (κ3) is 7.98. The smallest absolute Gasteiger partial charge is 0.410 e. The number of likely N-dealkylation sites (N-methyl/N-ethyl adjacent to an activating group) is 1. The molecule has 4 amide bonds. The van der Waals surface area contributed by atoms with Crippen molar-refractivity contribution in [3.63, 3.8) is 0 Å². The lowest BCUT2D eigenvalue weighted by molar-refractivity contribution is -0.143. The number of benzene rings is 2. The highest BCUT2D eigenvalue weighted by atomic mass is 19.1. The van der Waals surface area contributed by atoms with Crippen LogP contribution in [0.2, 0.25) is 0 Å². The highest BCUT2D eigenvalue weighted by Crippen LogP contribution is 2.36. The number of nitrogens with zero attached hydrogens (tertiary/aromatic N) is 3. The Bertz CT molecular complexity index is 1350. The molecule has 0 bridgehead atoms. The Morgan fingerprint density at radius 2 is 1.67 bits per heavy atom. The third-order valence-electron chi connectivity index (χ3n) is 8.59. The zero-order valence-electron chi connectivity index (χ0n) is 26.6. The number of likely N-dealkylation sites (tertiary alicyclic amines) is 2. The fraction of sp³-hybridized carbons (Fsp3) is 0.515. The van der Waals surface area contributed by atoms with Crippen molar-refractivity contribution in [2.75, 3.05) is 26.7 Å². The van der Waals surface area contributed by atoms with E-state index < -0.39 is 41.6 Å². The van der Waals surface area contributed by atoms with Gasteiger partial charge < -0.3 is 30.3 Å². The van der Waals surface area contributed by atoms with Crippen LogP contribution in [0.15, 0.2) is 54.6 Å². The molecular weight excluding hydrogens is 581 g/mol. The molecule has 2 heterocycles. The molecule has 2 aromatic carbocycles. The second kappa shape index (κ2) is 14.4. The van der Waals surface area contributed by atoms with Gasteiger partial charge in [0.15, 0.2) is 0 Å². The van der Waals surface area contributed by atoms with E-state index in [1.54, 1.807) is 28.9 Å². The summed E-state index contributed by atoms with van der Waals surface area (Å²) in [6.07, 6.45) is -0.641. The SMILES string of the molecule is C[C@@H](C(=O)N[C@H](C(=O)N1CC[C@@H]2[C@H]1[C@@H](OCc1ccc(F)cc1)CN2C(=O)CN)C(C)(C)C)N(C)C(=O)OCc1ccccc1. The van der Waals surface area contributed by atoms with E-state index in [-0.39, 0.29) is 50.0 Å². The largest absolute Gasteiger partial charge is 0.445 e. The van der Waals surface area contributed by atoms with Crippen LogP contribution >= 0.6 is 0 Å². The summed E-state index contributed by atoms with van der Waals surface area (Å²) in [6.45, 7) is 7.83. The molecule has 12 heteroatoms. The number of amides is 4. The molecule has 2 saturated heterocycles. The van der Waals surface area contributed by atoms with E-state index in [0.29, 0.717) is 13.0 Å². The monoisotopic (exact) mass is 625 g/mol. The van der Waals surface area contributed by atoms with E-state index in [1.165, 1.54) is 24.1 Å². The van der Waals surface area contributed by atoms with Gasteiger partial charge in [-0.1, -0.05) is 63.2 Å². The number of ether oxygens (including phenoxy) is 2. The standard InChI is InChI=1S/C33H44FN5O6/c1-21(37(5)32(43)45-20-22-9-7-6-8-10-22)30(41)36-29(33(2,3)4)31(42)38-16-15-25-28(38)26(18-39(25)27(40)17-35)44-19-23-11-13-24(34)14-12-23/h6-14,21,25-26,28-29H,15-20,35H2,1-5H3,(H,36,41)/t21-,25+,26-,28-,29+/m0/s1. The van der Waals surface area contributed by atoms with Crippen LogP contribution < -0.4 is 11.1 Å². The molecular formula is C33H44FN5O6. The molecule has 0 aromatic heterocycles. The van der Waals surface area contributed by atoms with Gasteiger partial charge in [-0.15, -0.1) is 0 Å². The van der Waals surface area contributed by atoms with Crippen molar-refractivity contribution in [2.45, 2.75) is 77.6 Å². The predicted molar refractivity (Wildman–Crippen MR) is 165 cm³/mol. The van der Waals surface area contributed by atoms with E-state index in [4.69, 9.17) is 15.2 Å². The minimum Gasteiger partial charge on any atom is -0.445 e. The number of fused-ring (bicyclic) bond motifs is 1. The minimum atomic E-state index is -0.933. The molecule has 11 nitrogen and oxygen atoms in total. The first kappa shape index (κ1) is 33.9. The van der Waals surface area contributed by atoms with E-state index in [2.05, 4.69) is 5.32 Å². The summed E-state index contributed by atoms with van der Waals surface area (Å²) in [5.74, 6) is -1.40. The molecule has 5 atom stereocenters. The van der Waals surface area contributed by atoms with Gasteiger partial charge in [-0.3, -0.25) is 19.3 Å². The van der Waals surface area contributed by atoms with Gasteiger partial charge >= 0.3 is 6.09 Å². The Morgan fingerprint density at radius 1 is 1.02 bits per heavy atom. The van der Waals surface area contributed by atoms with E-state index in [1.807, 2.05) is 51.1 Å². The van der Waals surface area contributed by atoms with Gasteiger partial charge in [-0.05, 0) is 42.0 Å². The van der Waals surface area contributed by atoms with Crippen molar-refractivity contribution in [3.8, 4) is 0 Å². The molecule has 4 rings (SSSR count). The lowest BCUT2D eigenvalue weighted by atomic mass is 9.85. The number of halogens is 1. The molecule has 45 heavy (non-hydrogen) atoms. The number of carbonyl (C=O) groups is 4. The highest BCUT2D eigenvalue weighted by molar-refractivity contribution is 5.92. The van der Waals surface area contributed by atoms with Crippen molar-refractivity contribution < 1.29 is 33.0 Å². The van der Waals surface area contributed by atoms with Crippen LogP contribution in [0.4, 0.5) is 9.18 Å². The van der Waals surface area contributed by atoms with Crippen molar-refractivity contribution in [1.29, 1.82) is 0 Å². The molecule has 244 valence electrons. The average molecular weight is 626 g/mol. The van der Waals surface area contributed by atoms with Gasteiger partial charge in [-0.2, -0.15) is 0 Å². The molecule has 3 N–H and O–H groups in total. The summed E-state index contributed by atoms with van der Waals surface area (Å²) >= 11 is 0. The lowest BCUT2D eigenvalue weighted by Crippen LogP contribution is -2.60. The minimum absolute atomic E-state index is 0.0625. The zero-order chi connectivity index (χ0) is 32.9. The quantitative estimate of drug-likeness (QED) is 0.415. The van der Waals surface area contributed by atoms with Crippen LogP contribution in [0.3, 0.4) is 0 Å². The first-order valence-electron chi connectivity index (χ1n) is 15.2. The van der Waals surface area contributed by atoms with Gasteiger partial charge in [0, 0.05) is 20.1 Å². The topological polar surface area (TPSA) is 135 Å². The number of rotatable bonds is 10. The average Bonchev–Trinajstić information content (AvgIpc) is 3.61. The molecule has 0 aliphatic carbocycles. The van der Waals surface area contributed by atoms with Gasteiger partial charge in [-0.25, -0.2) is 9.18 Å². The Kier molecular flexibility index (Phi) is 10.8. The molecule has 2 aliphatic rings. The summed E-state index contributed by atoms with van der Waals surface area (Å²) in [5.41, 5.74) is 6.59. The molecule has 2 aliphatic heterocycles. The van der Waals surface area contributed by atoms with Crippen LogP contribution in [0.25, 0.3) is 0 Å². The van der Waals surface area contributed by atoms with Crippen molar-refractivity contribution in [1.82, 2.24) is 20.0 Å². The first-order chi connectivity index (χ1) is 21.3. The van der Waals surface area contributed by atoms with Gasteiger partial charge in [0.05, 0.1) is 31.3 Å². The van der Waals surface area contributed by atoms with Crippen LogP contribution in [0.1, 0.15) is 45.2 Å². The van der Waals surface area contributed by atoms with E-state index in [9.17, 15) is 23.6 Å². The normalized spacial score (nSPS) is 20.7. The van der Waals surface area contributed by atoms with Crippen LogP contribution in [-0.2, 0) is 37.1 Å². The summed E-state index contributed by atoms with van der Waals surface area (Å²) < 4.78 is 25.0. The van der Waals surface area contributed by atoms with Crippen molar-refractivity contribution >= 4 is 23.8 Å². The second-order valence-electron chi connectivity index (χ2n) is 12.7. The molecule has 2 fully saturated rings. The number of carbonyl (C=O) groups excluding carboxylic acids is 4. The van der Waals surface area contributed by atoms with Crippen LogP contribution in [0, 0.1) is 11.2 Å². The fourth-order valence-electron chi connectivity index (χ4n) is 5.85. The van der Waals surface area contributed by atoms with E-state index in [0.717, 1.165) is 11.1 Å². The molecule has 2 aromatic rings. The summed E-state index contributed by atoms with van der Waals surface area (Å²) in [5, 5.41) is 2.89. The van der Waals surface area contributed by atoms with Crippen molar-refractivity contribution in [3.05, 3.63) is 71.5 Å². The first-order valence-corrected chi connectivity index (χ1v) is 15.2. The van der Waals surface area contributed by atoms with Crippen LogP contribution in [-0.4, -0.2) is 95.5 Å². The highest BCUT2D eigenvalue weighted by Gasteiger charge is 2.54. The summed E-state index contributed by atoms with van der Waals surface area (Å²) in [6, 6.07) is 12.6. The summed E-state index contributed by atoms with van der Waals surface area (Å²) in [4.78, 5) is 57.7. The number of nitrogens with two attached hydrogens (primary N) is 1. The Hall–Kier alpha value is -4.03. The van der Waals surface area contributed by atoms with Gasteiger partial charge in [0.2, 0.25) is 17.7 Å². The Balaban J connectivity index is 1.47. The fourth-order valence-corrected chi connectivity index (χ4v) is 5.85. The third-order valence-corrected chi connectivity index (χ3v) is 8.59. The second-order valence-corrected chi connectivity index (χ2v) is 12.7. The predicted octanol–water partition coefficient (Wildman–Crippen LogP) is 2.67. The van der Waals surface area contributed by atoms with Crippen LogP contribution in [0.5, 0.6) is 0 Å². The van der Waals surface area contributed by atoms with Gasteiger partial charge in [0.1, 0.15) is 24.5 Å². The number of nitrogens with one attached hydrogen (secondary N) is 1. The molecule has 0 radical (unpaired) electrons. The van der Waals surface area contributed by atoms with Gasteiger partial charge in [0.25, 0.3) is 0 Å². The number of hydrogen-bond acceptors (Lipinski definition) is 7. The Morgan fingerprint density at radius 3 is 2.29 bits per heavy atom. The van der Waals surface area contributed by atoms with Crippen molar-refractivity contribution in [2.24, 2.45) is 11.1 Å². The maximum absolute atomic E-state index is 14.2. The maximum atomic E-state index is 14.2.